The fourth-order valence-electron chi connectivity index (χ4n) is 2.51. The van der Waals surface area contributed by atoms with Gasteiger partial charge in [-0.2, -0.15) is 0 Å². The molecule has 0 aromatic heterocycles. The van der Waals surface area contributed by atoms with Gasteiger partial charge < -0.3 is 16.0 Å². The van der Waals surface area contributed by atoms with Crippen LogP contribution in [0.5, 0.6) is 0 Å². The highest BCUT2D eigenvalue weighted by atomic mass is 127. The fourth-order valence-corrected chi connectivity index (χ4v) is 2.51. The molecule has 1 amide bonds. The minimum Gasteiger partial charge on any atom is -0.356 e. The van der Waals surface area contributed by atoms with Crippen molar-refractivity contribution in [3.8, 4) is 0 Å². The van der Waals surface area contributed by atoms with Crippen LogP contribution in [0.3, 0.4) is 0 Å². The summed E-state index contributed by atoms with van der Waals surface area (Å²) in [5, 5.41) is 8.93. The standard InChI is InChI=1S/C20H24F2N4O.HI/c1-23-20(25-10-9-16-6-2-3-8-18(16)22)26-12-11-24-19(27)14-15-5-4-7-17(21)13-15;/h2-8,13H,9-12,14H2,1H3,(H,24,27)(H2,23,25,26);1H. The van der Waals surface area contributed by atoms with Gasteiger partial charge in [0, 0.05) is 26.7 Å². The zero-order valence-electron chi connectivity index (χ0n) is 15.7. The maximum atomic E-state index is 13.6. The summed E-state index contributed by atoms with van der Waals surface area (Å²) in [5.74, 6) is -0.175. The summed E-state index contributed by atoms with van der Waals surface area (Å²) < 4.78 is 26.7. The first-order valence-electron chi connectivity index (χ1n) is 8.77. The number of nitrogens with one attached hydrogen (secondary N) is 3. The summed E-state index contributed by atoms with van der Waals surface area (Å²) in [4.78, 5) is 15.9. The second-order valence-electron chi connectivity index (χ2n) is 5.92. The molecule has 0 atom stereocenters. The number of carbonyl (C=O) groups excluding carboxylic acids is 1. The Hall–Kier alpha value is -2.23. The smallest absolute Gasteiger partial charge is 0.224 e. The van der Waals surface area contributed by atoms with E-state index >= 15 is 0 Å². The van der Waals surface area contributed by atoms with E-state index in [4.69, 9.17) is 0 Å². The molecule has 0 heterocycles. The molecule has 0 radical (unpaired) electrons. The monoisotopic (exact) mass is 502 g/mol. The normalized spacial score (nSPS) is 10.8. The maximum absolute atomic E-state index is 13.6. The van der Waals surface area contributed by atoms with E-state index in [1.165, 1.54) is 18.2 Å². The van der Waals surface area contributed by atoms with Crippen molar-refractivity contribution in [2.75, 3.05) is 26.7 Å². The Morgan fingerprint density at radius 2 is 1.68 bits per heavy atom. The largest absolute Gasteiger partial charge is 0.356 e. The van der Waals surface area contributed by atoms with Crippen molar-refractivity contribution in [2.45, 2.75) is 12.8 Å². The van der Waals surface area contributed by atoms with Crippen LogP contribution in [0.4, 0.5) is 8.78 Å². The first kappa shape index (κ1) is 23.8. The molecule has 2 aromatic carbocycles. The Balaban J connectivity index is 0.00000392. The Labute approximate surface area is 181 Å². The van der Waals surface area contributed by atoms with E-state index in [9.17, 15) is 13.6 Å². The maximum Gasteiger partial charge on any atom is 0.224 e. The highest BCUT2D eigenvalue weighted by molar-refractivity contribution is 14.0. The topological polar surface area (TPSA) is 65.5 Å². The number of hydrogen-bond acceptors (Lipinski definition) is 2. The van der Waals surface area contributed by atoms with Gasteiger partial charge in [-0.3, -0.25) is 9.79 Å². The van der Waals surface area contributed by atoms with Gasteiger partial charge in [-0.15, -0.1) is 24.0 Å². The predicted molar refractivity (Wildman–Crippen MR) is 118 cm³/mol. The van der Waals surface area contributed by atoms with Crippen LogP contribution in [0.15, 0.2) is 53.5 Å². The second kappa shape index (κ2) is 13.0. The SMILES string of the molecule is CN=C(NCCNC(=O)Cc1cccc(F)c1)NCCc1ccccc1F.I. The van der Waals surface area contributed by atoms with Crippen LogP contribution < -0.4 is 16.0 Å². The number of nitrogens with zero attached hydrogens (tertiary/aromatic N) is 1. The molecule has 2 rings (SSSR count). The van der Waals surface area contributed by atoms with E-state index in [1.54, 1.807) is 37.4 Å². The van der Waals surface area contributed by atoms with E-state index in [-0.39, 0.29) is 47.9 Å². The lowest BCUT2D eigenvalue weighted by atomic mass is 10.1. The van der Waals surface area contributed by atoms with Crippen molar-refractivity contribution in [2.24, 2.45) is 4.99 Å². The van der Waals surface area contributed by atoms with E-state index in [2.05, 4.69) is 20.9 Å². The van der Waals surface area contributed by atoms with Gasteiger partial charge in [0.1, 0.15) is 11.6 Å². The molecular weight excluding hydrogens is 477 g/mol. The third kappa shape index (κ3) is 8.64. The molecule has 0 aliphatic carbocycles. The van der Waals surface area contributed by atoms with Crippen molar-refractivity contribution in [1.29, 1.82) is 0 Å². The number of rotatable bonds is 8. The number of amides is 1. The predicted octanol–water partition coefficient (Wildman–Crippen LogP) is 2.65. The number of halogens is 3. The van der Waals surface area contributed by atoms with Crippen molar-refractivity contribution in [3.05, 3.63) is 71.3 Å². The molecule has 3 N–H and O–H groups in total. The van der Waals surface area contributed by atoms with Gasteiger partial charge in [-0.1, -0.05) is 30.3 Å². The highest BCUT2D eigenvalue weighted by Crippen LogP contribution is 2.06. The Kier molecular flexibility index (Phi) is 11.1. The summed E-state index contributed by atoms with van der Waals surface area (Å²) in [7, 11) is 1.64. The van der Waals surface area contributed by atoms with Gasteiger partial charge >= 0.3 is 0 Å². The summed E-state index contributed by atoms with van der Waals surface area (Å²) in [5.41, 5.74) is 1.27. The second-order valence-corrected chi connectivity index (χ2v) is 5.92. The number of aliphatic imine (C=N–C) groups is 1. The molecule has 2 aromatic rings. The number of guanidine groups is 1. The fraction of sp³-hybridized carbons (Fsp3) is 0.300. The van der Waals surface area contributed by atoms with Gasteiger partial charge in [-0.25, -0.2) is 8.78 Å². The van der Waals surface area contributed by atoms with Crippen molar-refractivity contribution < 1.29 is 13.6 Å². The molecule has 0 unspecified atom stereocenters. The molecule has 0 aliphatic rings. The molecule has 0 saturated carbocycles. The third-order valence-corrected chi connectivity index (χ3v) is 3.86. The minimum absolute atomic E-state index is 0. The molecule has 5 nitrogen and oxygen atoms in total. The molecule has 0 saturated heterocycles. The van der Waals surface area contributed by atoms with Gasteiger partial charge in [-0.05, 0) is 35.7 Å². The molecule has 0 fully saturated rings. The average molecular weight is 502 g/mol. The quantitative estimate of drug-likeness (QED) is 0.225. The van der Waals surface area contributed by atoms with Crippen molar-refractivity contribution in [3.63, 3.8) is 0 Å². The lowest BCUT2D eigenvalue weighted by Gasteiger charge is -2.12. The van der Waals surface area contributed by atoms with Crippen LogP contribution >= 0.6 is 24.0 Å². The lowest BCUT2D eigenvalue weighted by Crippen LogP contribution is -2.42. The molecule has 0 bridgehead atoms. The minimum atomic E-state index is -0.354. The first-order valence-corrected chi connectivity index (χ1v) is 8.77. The van der Waals surface area contributed by atoms with Crippen LogP contribution in [0.2, 0.25) is 0 Å². The Bertz CT molecular complexity index is 786. The Morgan fingerprint density at radius 3 is 2.39 bits per heavy atom. The molecule has 8 heteroatoms. The molecule has 0 spiro atoms. The summed E-state index contributed by atoms with van der Waals surface area (Å²) in [6.45, 7) is 1.42. The zero-order chi connectivity index (χ0) is 19.5. The van der Waals surface area contributed by atoms with Gasteiger partial charge in [0.2, 0.25) is 5.91 Å². The molecule has 0 aliphatic heterocycles. The number of benzene rings is 2. The van der Waals surface area contributed by atoms with Crippen molar-refractivity contribution >= 4 is 35.8 Å². The van der Waals surface area contributed by atoms with Crippen LogP contribution in [0, 0.1) is 11.6 Å². The van der Waals surface area contributed by atoms with Gasteiger partial charge in [0.15, 0.2) is 5.96 Å². The van der Waals surface area contributed by atoms with Crippen LogP contribution in [0.25, 0.3) is 0 Å². The molecular formula is C20H25F2IN4O. The first-order chi connectivity index (χ1) is 13.1. The van der Waals surface area contributed by atoms with E-state index in [0.717, 1.165) is 0 Å². The van der Waals surface area contributed by atoms with E-state index in [1.807, 2.05) is 0 Å². The van der Waals surface area contributed by atoms with E-state index in [0.29, 0.717) is 43.1 Å². The van der Waals surface area contributed by atoms with Gasteiger partial charge in [0.25, 0.3) is 0 Å². The number of hydrogen-bond donors (Lipinski definition) is 3. The molecule has 28 heavy (non-hydrogen) atoms. The van der Waals surface area contributed by atoms with Gasteiger partial charge in [0.05, 0.1) is 6.42 Å². The van der Waals surface area contributed by atoms with Crippen LogP contribution in [-0.2, 0) is 17.6 Å². The average Bonchev–Trinajstić information content (AvgIpc) is 2.65. The summed E-state index contributed by atoms with van der Waals surface area (Å²) in [6.07, 6.45) is 0.672. The summed E-state index contributed by atoms with van der Waals surface area (Å²) >= 11 is 0. The zero-order valence-corrected chi connectivity index (χ0v) is 18.0. The third-order valence-electron chi connectivity index (χ3n) is 3.86. The Morgan fingerprint density at radius 1 is 0.964 bits per heavy atom. The van der Waals surface area contributed by atoms with E-state index < -0.39 is 0 Å². The van der Waals surface area contributed by atoms with Crippen LogP contribution in [0.1, 0.15) is 11.1 Å². The van der Waals surface area contributed by atoms with Crippen LogP contribution in [-0.4, -0.2) is 38.5 Å². The summed E-state index contributed by atoms with van der Waals surface area (Å²) in [6, 6.07) is 12.6. The highest BCUT2D eigenvalue weighted by Gasteiger charge is 2.05. The molecule has 152 valence electrons. The van der Waals surface area contributed by atoms with Crippen molar-refractivity contribution in [1.82, 2.24) is 16.0 Å². The lowest BCUT2D eigenvalue weighted by molar-refractivity contribution is -0.120. The number of carbonyl (C=O) groups is 1.